The van der Waals surface area contributed by atoms with E-state index in [2.05, 4.69) is 58.2 Å². The molecule has 0 bridgehead atoms. The van der Waals surface area contributed by atoms with Gasteiger partial charge in [-0.2, -0.15) is 5.10 Å². The molecule has 0 saturated carbocycles. The van der Waals surface area contributed by atoms with E-state index in [0.717, 1.165) is 20.4 Å². The Morgan fingerprint density at radius 3 is 2.58 bits per heavy atom. The average molecular weight is 577 g/mol. The first-order valence-electron chi connectivity index (χ1n) is 10.8. The zero-order valence-electron chi connectivity index (χ0n) is 19.2. The Kier molecular flexibility index (Phi) is 8.41. The van der Waals surface area contributed by atoms with Gasteiger partial charge in [0.1, 0.15) is 6.54 Å². The molecule has 0 aliphatic heterocycles. The molecule has 0 saturated heterocycles. The second kappa shape index (κ2) is 11.1. The van der Waals surface area contributed by atoms with Crippen molar-refractivity contribution in [3.8, 4) is 0 Å². The Morgan fingerprint density at radius 2 is 1.91 bits per heavy atom. The first kappa shape index (κ1) is 25.1. The van der Waals surface area contributed by atoms with Crippen LogP contribution in [-0.2, 0) is 24.4 Å². The maximum Gasteiger partial charge on any atom is 0.251 e. The Labute approximate surface area is 212 Å². The van der Waals surface area contributed by atoms with Crippen molar-refractivity contribution >= 4 is 52.3 Å². The van der Waals surface area contributed by atoms with Gasteiger partial charge in [0.25, 0.3) is 5.91 Å². The van der Waals surface area contributed by atoms with Crippen LogP contribution < -0.4 is 10.6 Å². The number of carbonyl (C=O) groups excluding carboxylic acids is 2. The molecular weight excluding hydrogens is 549 g/mol. The van der Waals surface area contributed by atoms with Gasteiger partial charge in [-0.25, -0.2) is 4.68 Å². The van der Waals surface area contributed by atoms with Crippen LogP contribution in [0.1, 0.15) is 54.0 Å². The number of aryl methyl sites for hydroxylation is 1. The number of anilines is 1. The molecule has 2 amide bonds. The molecule has 1 aromatic heterocycles. The van der Waals surface area contributed by atoms with Gasteiger partial charge in [0.15, 0.2) is 10.6 Å². The fraction of sp³-hybridized carbons (Fsp3) is 0.333. The highest BCUT2D eigenvalue weighted by molar-refractivity contribution is 14.1. The van der Waals surface area contributed by atoms with Crippen molar-refractivity contribution in [1.82, 2.24) is 19.7 Å². The van der Waals surface area contributed by atoms with E-state index in [1.807, 2.05) is 48.7 Å². The molecule has 0 atom stereocenters. The van der Waals surface area contributed by atoms with E-state index in [0.29, 0.717) is 22.7 Å². The fourth-order valence-electron chi connectivity index (χ4n) is 3.57. The lowest BCUT2D eigenvalue weighted by molar-refractivity contribution is -0.116. The van der Waals surface area contributed by atoms with Gasteiger partial charge >= 0.3 is 0 Å². The largest absolute Gasteiger partial charge is 0.345 e. The third-order valence-electron chi connectivity index (χ3n) is 5.32. The molecular formula is C24H28IN5O2S. The zero-order valence-corrected chi connectivity index (χ0v) is 22.2. The molecule has 174 valence electrons. The number of carbonyl (C=O) groups is 2. The number of rotatable bonds is 8. The summed E-state index contributed by atoms with van der Waals surface area (Å²) >= 11 is 7.81. The smallest absolute Gasteiger partial charge is 0.251 e. The van der Waals surface area contributed by atoms with Crippen LogP contribution in [0.4, 0.5) is 5.69 Å². The number of nitrogens with one attached hydrogen (secondary N) is 2. The SMILES string of the molecule is CCn1c(CNC(=O)c2ccccc2C)nn(CC(=O)Nc2ccc(I)cc2C(C)C)c1=S. The Bertz CT molecular complexity index is 1230. The third-order valence-corrected chi connectivity index (χ3v) is 6.42. The van der Waals surface area contributed by atoms with Gasteiger partial charge in [-0.05, 0) is 90.0 Å². The first-order valence-corrected chi connectivity index (χ1v) is 12.3. The van der Waals surface area contributed by atoms with Gasteiger partial charge in [-0.1, -0.05) is 32.0 Å². The molecule has 1 heterocycles. The summed E-state index contributed by atoms with van der Waals surface area (Å²) < 4.78 is 4.89. The van der Waals surface area contributed by atoms with E-state index in [1.54, 1.807) is 6.07 Å². The van der Waals surface area contributed by atoms with Gasteiger partial charge < -0.3 is 15.2 Å². The first-order chi connectivity index (χ1) is 15.7. The van der Waals surface area contributed by atoms with Crippen molar-refractivity contribution in [2.75, 3.05) is 5.32 Å². The van der Waals surface area contributed by atoms with Gasteiger partial charge in [-0.15, -0.1) is 0 Å². The molecule has 33 heavy (non-hydrogen) atoms. The summed E-state index contributed by atoms with van der Waals surface area (Å²) in [6, 6.07) is 13.4. The number of aromatic nitrogens is 3. The number of benzene rings is 2. The topological polar surface area (TPSA) is 81.0 Å². The highest BCUT2D eigenvalue weighted by Gasteiger charge is 2.16. The summed E-state index contributed by atoms with van der Waals surface area (Å²) in [5.74, 6) is 0.508. The Balaban J connectivity index is 1.73. The zero-order chi connectivity index (χ0) is 24.1. The van der Waals surface area contributed by atoms with E-state index in [-0.39, 0.29) is 30.8 Å². The van der Waals surface area contributed by atoms with Crippen LogP contribution in [0.25, 0.3) is 0 Å². The van der Waals surface area contributed by atoms with Gasteiger partial charge in [-0.3, -0.25) is 9.59 Å². The van der Waals surface area contributed by atoms with E-state index in [1.165, 1.54) is 4.68 Å². The van der Waals surface area contributed by atoms with Crippen LogP contribution >= 0.6 is 34.8 Å². The maximum atomic E-state index is 12.8. The summed E-state index contributed by atoms with van der Waals surface area (Å²) in [4.78, 5) is 25.4. The number of amides is 2. The van der Waals surface area contributed by atoms with Gasteiger partial charge in [0.05, 0.1) is 6.54 Å². The van der Waals surface area contributed by atoms with Crippen molar-refractivity contribution in [2.24, 2.45) is 0 Å². The monoisotopic (exact) mass is 577 g/mol. The van der Waals surface area contributed by atoms with E-state index < -0.39 is 0 Å². The van der Waals surface area contributed by atoms with Crippen molar-refractivity contribution in [3.05, 3.63) is 73.3 Å². The molecule has 9 heteroatoms. The summed E-state index contributed by atoms with van der Waals surface area (Å²) in [5.41, 5.74) is 3.40. The minimum Gasteiger partial charge on any atom is -0.345 e. The van der Waals surface area contributed by atoms with Gasteiger partial charge in [0, 0.05) is 21.4 Å². The minimum absolute atomic E-state index is 0.00586. The van der Waals surface area contributed by atoms with Gasteiger partial charge in [0.2, 0.25) is 5.91 Å². The number of nitrogens with zero attached hydrogens (tertiary/aromatic N) is 3. The van der Waals surface area contributed by atoms with Crippen molar-refractivity contribution < 1.29 is 9.59 Å². The predicted octanol–water partition coefficient (Wildman–Crippen LogP) is 5.04. The molecule has 0 spiro atoms. The summed E-state index contributed by atoms with van der Waals surface area (Å²) in [5, 5.41) is 10.4. The molecule has 0 radical (unpaired) electrons. The molecule has 7 nitrogen and oxygen atoms in total. The van der Waals surface area contributed by atoms with E-state index >= 15 is 0 Å². The fourth-order valence-corrected chi connectivity index (χ4v) is 4.43. The molecule has 2 N–H and O–H groups in total. The standard InChI is InChI=1S/C24H28IN5O2S/c1-5-29-21(13-26-23(32)18-9-7-6-8-16(18)4)28-30(24(29)33)14-22(31)27-20-11-10-17(25)12-19(20)15(2)3/h6-12,15H,5,13-14H2,1-4H3,(H,26,32)(H,27,31). The lowest BCUT2D eigenvalue weighted by atomic mass is 10.0. The normalized spacial score (nSPS) is 11.0. The second-order valence-corrected chi connectivity index (χ2v) is 9.64. The highest BCUT2D eigenvalue weighted by Crippen LogP contribution is 2.26. The summed E-state index contributed by atoms with van der Waals surface area (Å²) in [7, 11) is 0. The van der Waals surface area contributed by atoms with Crippen LogP contribution in [0.15, 0.2) is 42.5 Å². The van der Waals surface area contributed by atoms with Crippen molar-refractivity contribution in [2.45, 2.75) is 53.2 Å². The lowest BCUT2D eigenvalue weighted by Gasteiger charge is -2.14. The summed E-state index contributed by atoms with van der Waals surface area (Å²) in [6.45, 7) is 8.84. The van der Waals surface area contributed by atoms with Crippen LogP contribution in [0.3, 0.4) is 0 Å². The lowest BCUT2D eigenvalue weighted by Crippen LogP contribution is -2.25. The molecule has 3 aromatic rings. The molecule has 3 rings (SSSR count). The molecule has 0 aliphatic rings. The van der Waals surface area contributed by atoms with Crippen LogP contribution in [0.2, 0.25) is 0 Å². The van der Waals surface area contributed by atoms with Crippen molar-refractivity contribution in [1.29, 1.82) is 0 Å². The number of halogens is 1. The Hall–Kier alpha value is -2.53. The summed E-state index contributed by atoms with van der Waals surface area (Å²) in [6.07, 6.45) is 0. The predicted molar refractivity (Wildman–Crippen MR) is 141 cm³/mol. The molecule has 2 aromatic carbocycles. The number of hydrogen-bond donors (Lipinski definition) is 2. The maximum absolute atomic E-state index is 12.8. The highest BCUT2D eigenvalue weighted by atomic mass is 127. The average Bonchev–Trinajstić information content (AvgIpc) is 3.07. The Morgan fingerprint density at radius 1 is 1.18 bits per heavy atom. The third kappa shape index (κ3) is 6.08. The second-order valence-electron chi connectivity index (χ2n) is 8.03. The van der Waals surface area contributed by atoms with E-state index in [9.17, 15) is 9.59 Å². The van der Waals surface area contributed by atoms with Crippen LogP contribution in [0.5, 0.6) is 0 Å². The quantitative estimate of drug-likeness (QED) is 0.291. The van der Waals surface area contributed by atoms with E-state index in [4.69, 9.17) is 12.2 Å². The van der Waals surface area contributed by atoms with Crippen LogP contribution in [0, 0.1) is 15.3 Å². The number of hydrogen-bond acceptors (Lipinski definition) is 4. The molecule has 0 aliphatic carbocycles. The molecule has 0 unspecified atom stereocenters. The minimum atomic E-state index is -0.203. The van der Waals surface area contributed by atoms with Crippen molar-refractivity contribution in [3.63, 3.8) is 0 Å². The van der Waals surface area contributed by atoms with Crippen LogP contribution in [-0.4, -0.2) is 26.2 Å². The molecule has 0 fully saturated rings.